The van der Waals surface area contributed by atoms with Crippen molar-refractivity contribution in [3.8, 4) is 0 Å². The second kappa shape index (κ2) is 3.61. The van der Waals surface area contributed by atoms with Gasteiger partial charge in [-0.2, -0.15) is 0 Å². The van der Waals surface area contributed by atoms with Crippen molar-refractivity contribution in [2.45, 2.75) is 27.7 Å². The smallest absolute Gasteiger partial charge is 0.0961 e. The summed E-state index contributed by atoms with van der Waals surface area (Å²) in [6, 6.07) is 0. The Kier molecular flexibility index (Phi) is 3.37. The lowest BCUT2D eigenvalue weighted by atomic mass is 9.86. The summed E-state index contributed by atoms with van der Waals surface area (Å²) in [5.74, 6) is 0.951. The van der Waals surface area contributed by atoms with Crippen LogP contribution >= 0.6 is 0 Å². The number of methoxy groups -OCH3 is 1. The molecule has 0 heterocycles. The Morgan fingerprint density at radius 1 is 1.36 bits per heavy atom. The van der Waals surface area contributed by atoms with Crippen molar-refractivity contribution in [1.29, 1.82) is 0 Å². The average molecular weight is 154 g/mol. The Labute approximate surface area is 69.8 Å². The molecule has 0 aromatic carbocycles. The van der Waals surface area contributed by atoms with Gasteiger partial charge in [0, 0.05) is 0 Å². The van der Waals surface area contributed by atoms with Crippen LogP contribution in [-0.4, -0.2) is 7.11 Å². The Bertz CT molecular complexity index is 170. The van der Waals surface area contributed by atoms with Crippen LogP contribution in [0.2, 0.25) is 0 Å². The van der Waals surface area contributed by atoms with Gasteiger partial charge in [-0.3, -0.25) is 0 Å². The summed E-state index contributed by atoms with van der Waals surface area (Å²) in [6.45, 7) is 12.2. The van der Waals surface area contributed by atoms with E-state index in [-0.39, 0.29) is 5.41 Å². The van der Waals surface area contributed by atoms with Gasteiger partial charge in [0.15, 0.2) is 0 Å². The van der Waals surface area contributed by atoms with Crippen LogP contribution in [0.15, 0.2) is 24.0 Å². The van der Waals surface area contributed by atoms with E-state index in [9.17, 15) is 0 Å². The monoisotopic (exact) mass is 154 g/mol. The molecule has 64 valence electrons. The van der Waals surface area contributed by atoms with Gasteiger partial charge in [-0.25, -0.2) is 0 Å². The van der Waals surface area contributed by atoms with Gasteiger partial charge in [-0.05, 0) is 17.9 Å². The average Bonchev–Trinajstić information content (AvgIpc) is 1.86. The van der Waals surface area contributed by atoms with Gasteiger partial charge in [-0.1, -0.05) is 33.4 Å². The van der Waals surface area contributed by atoms with Crippen LogP contribution < -0.4 is 0 Å². The number of allylic oxidation sites excluding steroid dienone is 3. The minimum atomic E-state index is 0.127. The Morgan fingerprint density at radius 3 is 1.91 bits per heavy atom. The van der Waals surface area contributed by atoms with Crippen LogP contribution in [0.4, 0.5) is 0 Å². The third-order valence-electron chi connectivity index (χ3n) is 1.70. The van der Waals surface area contributed by atoms with Crippen molar-refractivity contribution in [3.05, 3.63) is 24.0 Å². The lowest BCUT2D eigenvalue weighted by Gasteiger charge is -2.21. The molecule has 0 saturated heterocycles. The fraction of sp³-hybridized carbons (Fsp3) is 0.600. The molecule has 0 N–H and O–H groups in total. The largest absolute Gasteiger partial charge is 0.501 e. The zero-order valence-corrected chi connectivity index (χ0v) is 8.19. The predicted octanol–water partition coefficient (Wildman–Crippen LogP) is 3.14. The minimum absolute atomic E-state index is 0.127. The van der Waals surface area contributed by atoms with E-state index in [0.29, 0.717) is 0 Å². The molecule has 0 rings (SSSR count). The molecule has 0 aliphatic rings. The molecule has 0 aliphatic heterocycles. The zero-order valence-electron chi connectivity index (χ0n) is 8.19. The van der Waals surface area contributed by atoms with Gasteiger partial charge in [0.1, 0.15) is 0 Å². The normalized spacial score (nSPS) is 13.9. The van der Waals surface area contributed by atoms with Crippen LogP contribution in [0.1, 0.15) is 27.7 Å². The first kappa shape index (κ1) is 10.3. The Balaban J connectivity index is 4.80. The zero-order chi connectivity index (χ0) is 9.07. The van der Waals surface area contributed by atoms with Crippen LogP contribution in [0.3, 0.4) is 0 Å². The summed E-state index contributed by atoms with van der Waals surface area (Å²) in [6.07, 6.45) is 1.86. The Hall–Kier alpha value is -0.720. The first-order valence-corrected chi connectivity index (χ1v) is 3.81. The van der Waals surface area contributed by atoms with E-state index in [0.717, 1.165) is 5.76 Å². The fourth-order valence-corrected chi connectivity index (χ4v) is 1.09. The topological polar surface area (TPSA) is 9.23 Å². The lowest BCUT2D eigenvalue weighted by molar-refractivity contribution is 0.279. The summed E-state index contributed by atoms with van der Waals surface area (Å²) < 4.78 is 5.14. The van der Waals surface area contributed by atoms with Crippen molar-refractivity contribution >= 4 is 0 Å². The van der Waals surface area contributed by atoms with Crippen LogP contribution in [-0.2, 0) is 4.74 Å². The van der Waals surface area contributed by atoms with E-state index in [1.165, 1.54) is 5.57 Å². The summed E-state index contributed by atoms with van der Waals surface area (Å²) >= 11 is 0. The quantitative estimate of drug-likeness (QED) is 0.438. The van der Waals surface area contributed by atoms with E-state index in [2.05, 4.69) is 27.4 Å². The van der Waals surface area contributed by atoms with E-state index in [4.69, 9.17) is 4.74 Å². The highest BCUT2D eigenvalue weighted by Crippen LogP contribution is 2.28. The third kappa shape index (κ3) is 2.79. The molecule has 0 aromatic rings. The molecule has 0 saturated carbocycles. The maximum Gasteiger partial charge on any atom is 0.0961 e. The van der Waals surface area contributed by atoms with E-state index < -0.39 is 0 Å². The molecule has 0 amide bonds. The van der Waals surface area contributed by atoms with Crippen molar-refractivity contribution in [3.63, 3.8) is 0 Å². The molecular weight excluding hydrogens is 136 g/mol. The first-order valence-electron chi connectivity index (χ1n) is 3.81. The van der Waals surface area contributed by atoms with Gasteiger partial charge >= 0.3 is 0 Å². The van der Waals surface area contributed by atoms with Crippen molar-refractivity contribution < 1.29 is 4.74 Å². The molecule has 0 unspecified atom stereocenters. The van der Waals surface area contributed by atoms with E-state index in [1.54, 1.807) is 7.11 Å². The van der Waals surface area contributed by atoms with E-state index >= 15 is 0 Å². The second-order valence-corrected chi connectivity index (χ2v) is 3.63. The first-order chi connectivity index (χ1) is 4.93. The van der Waals surface area contributed by atoms with Crippen LogP contribution in [0.5, 0.6) is 0 Å². The summed E-state index contributed by atoms with van der Waals surface area (Å²) in [5.41, 5.74) is 1.29. The highest BCUT2D eigenvalue weighted by molar-refractivity contribution is 5.25. The number of hydrogen-bond acceptors (Lipinski definition) is 1. The van der Waals surface area contributed by atoms with Crippen molar-refractivity contribution in [1.82, 2.24) is 0 Å². The van der Waals surface area contributed by atoms with Gasteiger partial charge in [-0.15, -0.1) is 0 Å². The van der Waals surface area contributed by atoms with Crippen molar-refractivity contribution in [2.24, 2.45) is 5.41 Å². The van der Waals surface area contributed by atoms with E-state index in [1.807, 2.05) is 13.0 Å². The second-order valence-electron chi connectivity index (χ2n) is 3.63. The molecule has 0 atom stereocenters. The molecule has 0 spiro atoms. The van der Waals surface area contributed by atoms with Gasteiger partial charge in [0.25, 0.3) is 0 Å². The number of hydrogen-bond donors (Lipinski definition) is 0. The maximum atomic E-state index is 5.14. The summed E-state index contributed by atoms with van der Waals surface area (Å²) in [5, 5.41) is 0. The highest BCUT2D eigenvalue weighted by Gasteiger charge is 2.16. The molecule has 0 aromatic heterocycles. The maximum absolute atomic E-state index is 5.14. The van der Waals surface area contributed by atoms with Crippen molar-refractivity contribution in [2.75, 3.05) is 7.11 Å². The molecule has 0 radical (unpaired) electrons. The molecule has 0 fully saturated rings. The molecule has 0 aliphatic carbocycles. The molecular formula is C10H18O. The fourth-order valence-electron chi connectivity index (χ4n) is 1.09. The van der Waals surface area contributed by atoms with Gasteiger partial charge < -0.3 is 4.74 Å². The van der Waals surface area contributed by atoms with Gasteiger partial charge in [0.2, 0.25) is 0 Å². The minimum Gasteiger partial charge on any atom is -0.501 e. The van der Waals surface area contributed by atoms with Crippen LogP contribution in [0, 0.1) is 5.41 Å². The highest BCUT2D eigenvalue weighted by atomic mass is 16.5. The standard InChI is InChI=1S/C10H18O/c1-7-9(8(2)11-6)10(3,4)5/h7H,1H2,2-6H3/b9-8-. The molecule has 1 heteroatoms. The molecule has 0 bridgehead atoms. The summed E-state index contributed by atoms with van der Waals surface area (Å²) in [4.78, 5) is 0. The van der Waals surface area contributed by atoms with Gasteiger partial charge in [0.05, 0.1) is 12.9 Å². The number of rotatable bonds is 2. The lowest BCUT2D eigenvalue weighted by Crippen LogP contribution is -2.10. The predicted molar refractivity (Wildman–Crippen MR) is 49.4 cm³/mol. The SMILES string of the molecule is C=C/C(=C(\C)OC)C(C)(C)C. The summed E-state index contributed by atoms with van der Waals surface area (Å²) in [7, 11) is 1.69. The third-order valence-corrected chi connectivity index (χ3v) is 1.70. The molecule has 1 nitrogen and oxygen atoms in total. The number of ether oxygens (including phenoxy) is 1. The van der Waals surface area contributed by atoms with Crippen LogP contribution in [0.25, 0.3) is 0 Å². The molecule has 11 heavy (non-hydrogen) atoms. The Morgan fingerprint density at radius 2 is 1.82 bits per heavy atom.